The van der Waals surface area contributed by atoms with Crippen LogP contribution < -0.4 is 5.32 Å². The monoisotopic (exact) mass is 305 g/mol. The quantitative estimate of drug-likeness (QED) is 0.907. The molecule has 4 nitrogen and oxygen atoms in total. The van der Waals surface area contributed by atoms with E-state index in [-0.39, 0.29) is 11.8 Å². The molecule has 3 rings (SSSR count). The first-order chi connectivity index (χ1) is 10.0. The summed E-state index contributed by atoms with van der Waals surface area (Å²) in [4.78, 5) is 12.0. The van der Waals surface area contributed by atoms with Crippen LogP contribution in [0.25, 0.3) is 0 Å². The maximum Gasteiger partial charge on any atom is 0.232 e. The largest absolute Gasteiger partial charge is 0.466 e. The predicted octanol–water partition coefficient (Wildman–Crippen LogP) is 3.77. The van der Waals surface area contributed by atoms with Gasteiger partial charge in [0.25, 0.3) is 0 Å². The lowest BCUT2D eigenvalue weighted by molar-refractivity contribution is -0.117. The van der Waals surface area contributed by atoms with Gasteiger partial charge in [-0.1, -0.05) is 18.5 Å². The molecule has 0 radical (unpaired) electrons. The second-order valence-corrected chi connectivity index (χ2v) is 5.62. The van der Waals surface area contributed by atoms with E-state index in [0.717, 1.165) is 16.8 Å². The lowest BCUT2D eigenvalue weighted by Gasteiger charge is -2.16. The van der Waals surface area contributed by atoms with E-state index in [1.54, 1.807) is 12.1 Å². The smallest absolute Gasteiger partial charge is 0.232 e. The van der Waals surface area contributed by atoms with E-state index in [1.165, 1.54) is 6.26 Å². The van der Waals surface area contributed by atoms with Crippen LogP contribution in [0.15, 0.2) is 28.9 Å². The lowest BCUT2D eigenvalue weighted by Crippen LogP contribution is -2.10. The zero-order valence-corrected chi connectivity index (χ0v) is 12.6. The number of nitrogens with one attached hydrogen (secondary N) is 1. The normalized spacial score (nSPS) is 18.5. The number of aliphatic hydroxyl groups excluding tert-OH is 1. The fourth-order valence-corrected chi connectivity index (χ4v) is 3.09. The van der Waals surface area contributed by atoms with Gasteiger partial charge in [0.05, 0.1) is 17.2 Å². The van der Waals surface area contributed by atoms with Gasteiger partial charge in [-0.2, -0.15) is 0 Å². The van der Waals surface area contributed by atoms with E-state index in [9.17, 15) is 9.90 Å². The third-order valence-corrected chi connectivity index (χ3v) is 4.51. The first-order valence-corrected chi connectivity index (χ1v) is 7.27. The number of aliphatic hydroxyl groups is 1. The van der Waals surface area contributed by atoms with Gasteiger partial charge >= 0.3 is 0 Å². The number of carbonyl (C=O) groups excluding carboxylic acids is 1. The van der Waals surface area contributed by atoms with Crippen LogP contribution in [0, 0.1) is 6.92 Å². The number of halogens is 1. The second kappa shape index (κ2) is 5.20. The minimum Gasteiger partial charge on any atom is -0.466 e. The van der Waals surface area contributed by atoms with E-state index in [2.05, 4.69) is 5.32 Å². The lowest BCUT2D eigenvalue weighted by atomic mass is 9.92. The van der Waals surface area contributed by atoms with E-state index in [4.69, 9.17) is 16.0 Å². The summed E-state index contributed by atoms with van der Waals surface area (Å²) in [5.74, 6) is 0.219. The molecule has 5 heteroatoms. The summed E-state index contributed by atoms with van der Waals surface area (Å²) in [7, 11) is 0. The van der Waals surface area contributed by atoms with E-state index in [0.29, 0.717) is 22.8 Å². The number of hydrogen-bond acceptors (Lipinski definition) is 3. The van der Waals surface area contributed by atoms with E-state index in [1.807, 2.05) is 19.9 Å². The number of anilines is 1. The minimum absolute atomic E-state index is 0.0173. The van der Waals surface area contributed by atoms with Crippen molar-refractivity contribution in [2.24, 2.45) is 0 Å². The highest BCUT2D eigenvalue weighted by Gasteiger charge is 2.33. The topological polar surface area (TPSA) is 62.5 Å². The molecule has 2 heterocycles. The highest BCUT2D eigenvalue weighted by atomic mass is 35.5. The molecule has 0 bridgehead atoms. The molecule has 2 unspecified atom stereocenters. The molecule has 1 aromatic heterocycles. The van der Waals surface area contributed by atoms with Gasteiger partial charge in [-0.25, -0.2) is 0 Å². The molecule has 2 aromatic rings. The number of furan rings is 1. The predicted molar refractivity (Wildman–Crippen MR) is 80.6 cm³/mol. The fourth-order valence-electron chi connectivity index (χ4n) is 2.84. The molecule has 110 valence electrons. The van der Waals surface area contributed by atoms with Crippen LogP contribution in [0.4, 0.5) is 5.69 Å². The zero-order chi connectivity index (χ0) is 15.1. The highest BCUT2D eigenvalue weighted by molar-refractivity contribution is 6.33. The maximum absolute atomic E-state index is 12.0. The third kappa shape index (κ3) is 2.15. The highest BCUT2D eigenvalue weighted by Crippen LogP contribution is 2.43. The standard InChI is InChI=1S/C16H16ClNO3/c1-3-9-10-7-11(15(19)12-5-4-6-21-12)13(17)8(2)14(10)18-16(9)20/h4-7,9,15,19H,3H2,1-2H3,(H,18,20). The van der Waals surface area contributed by atoms with Gasteiger partial charge in [0.2, 0.25) is 5.91 Å². The summed E-state index contributed by atoms with van der Waals surface area (Å²) in [6.45, 7) is 3.81. The van der Waals surface area contributed by atoms with Crippen molar-refractivity contribution in [2.45, 2.75) is 32.3 Å². The summed E-state index contributed by atoms with van der Waals surface area (Å²) in [6, 6.07) is 5.22. The van der Waals surface area contributed by atoms with Crippen LogP contribution in [-0.4, -0.2) is 11.0 Å². The molecule has 0 fully saturated rings. The Bertz CT molecular complexity index is 694. The van der Waals surface area contributed by atoms with Crippen molar-refractivity contribution in [3.8, 4) is 0 Å². The van der Waals surface area contributed by atoms with E-state index < -0.39 is 6.10 Å². The minimum atomic E-state index is -0.940. The van der Waals surface area contributed by atoms with Crippen LogP contribution in [0.3, 0.4) is 0 Å². The number of rotatable bonds is 3. The Labute approximate surface area is 127 Å². The molecule has 1 aliphatic heterocycles. The number of fused-ring (bicyclic) bond motifs is 1. The first-order valence-electron chi connectivity index (χ1n) is 6.89. The van der Waals surface area contributed by atoms with Gasteiger partial charge in [0.15, 0.2) is 0 Å². The SMILES string of the molecule is CCC1C(=O)Nc2c1cc(C(O)c1ccco1)c(Cl)c2C. The summed E-state index contributed by atoms with van der Waals surface area (Å²) in [5.41, 5.74) is 3.01. The molecule has 0 aliphatic carbocycles. The molecule has 1 aromatic carbocycles. The van der Waals surface area contributed by atoms with Crippen molar-refractivity contribution in [3.05, 3.63) is 51.9 Å². The van der Waals surface area contributed by atoms with Crippen molar-refractivity contribution in [3.63, 3.8) is 0 Å². The molecule has 0 saturated heterocycles. The van der Waals surface area contributed by atoms with Crippen molar-refractivity contribution >= 4 is 23.2 Å². The van der Waals surface area contributed by atoms with Gasteiger partial charge in [-0.3, -0.25) is 4.79 Å². The van der Waals surface area contributed by atoms with Crippen LogP contribution in [0.5, 0.6) is 0 Å². The summed E-state index contributed by atoms with van der Waals surface area (Å²) in [6.07, 6.45) is 1.27. The van der Waals surface area contributed by atoms with Crippen molar-refractivity contribution in [1.82, 2.24) is 0 Å². The molecule has 2 N–H and O–H groups in total. The molecule has 1 aliphatic rings. The number of hydrogen-bond donors (Lipinski definition) is 2. The Kier molecular flexibility index (Phi) is 3.51. The molecular weight excluding hydrogens is 290 g/mol. The summed E-state index contributed by atoms with van der Waals surface area (Å²) in [5, 5.41) is 13.8. The fraction of sp³-hybridized carbons (Fsp3) is 0.312. The van der Waals surface area contributed by atoms with Gasteiger partial charge in [-0.05, 0) is 42.7 Å². The Hall–Kier alpha value is -1.78. The molecule has 2 atom stereocenters. The number of carbonyl (C=O) groups is 1. The Morgan fingerprint density at radius 2 is 2.29 bits per heavy atom. The second-order valence-electron chi connectivity index (χ2n) is 5.24. The van der Waals surface area contributed by atoms with Crippen molar-refractivity contribution < 1.29 is 14.3 Å². The van der Waals surface area contributed by atoms with Crippen LogP contribution >= 0.6 is 11.6 Å². The average Bonchev–Trinajstić information content (AvgIpc) is 3.09. The average molecular weight is 306 g/mol. The van der Waals surface area contributed by atoms with Crippen LogP contribution in [0.1, 0.15) is 47.8 Å². The van der Waals surface area contributed by atoms with Gasteiger partial charge < -0.3 is 14.8 Å². The van der Waals surface area contributed by atoms with Gasteiger partial charge in [0, 0.05) is 11.3 Å². The van der Waals surface area contributed by atoms with E-state index >= 15 is 0 Å². The van der Waals surface area contributed by atoms with Gasteiger partial charge in [-0.15, -0.1) is 0 Å². The first kappa shape index (κ1) is 14.2. The molecule has 1 amide bonds. The Morgan fingerprint density at radius 3 is 2.90 bits per heavy atom. The third-order valence-electron chi connectivity index (χ3n) is 4.01. The zero-order valence-electron chi connectivity index (χ0n) is 11.8. The Balaban J connectivity index is 2.14. The molecule has 21 heavy (non-hydrogen) atoms. The molecule has 0 spiro atoms. The van der Waals surface area contributed by atoms with Crippen molar-refractivity contribution in [1.29, 1.82) is 0 Å². The summed E-state index contributed by atoms with van der Waals surface area (Å²) >= 11 is 6.37. The van der Waals surface area contributed by atoms with Crippen molar-refractivity contribution in [2.75, 3.05) is 5.32 Å². The number of amides is 1. The number of benzene rings is 1. The molecule has 0 saturated carbocycles. The molecular formula is C16H16ClNO3. The van der Waals surface area contributed by atoms with Crippen LogP contribution in [-0.2, 0) is 4.79 Å². The van der Waals surface area contributed by atoms with Crippen LogP contribution in [0.2, 0.25) is 5.02 Å². The maximum atomic E-state index is 12.0. The Morgan fingerprint density at radius 1 is 1.52 bits per heavy atom. The summed E-state index contributed by atoms with van der Waals surface area (Å²) < 4.78 is 5.25. The van der Waals surface area contributed by atoms with Gasteiger partial charge in [0.1, 0.15) is 11.9 Å².